The third-order valence-electron chi connectivity index (χ3n) is 3.31. The summed E-state index contributed by atoms with van der Waals surface area (Å²) in [5, 5.41) is 15.3. The van der Waals surface area contributed by atoms with Gasteiger partial charge in [0, 0.05) is 12.1 Å². The minimum absolute atomic E-state index is 0.00423. The topological polar surface area (TPSA) is 81.7 Å². The zero-order valence-electron chi connectivity index (χ0n) is 13.0. The molecule has 0 bridgehead atoms. The van der Waals surface area contributed by atoms with Crippen LogP contribution in [0.5, 0.6) is 0 Å². The Balaban J connectivity index is 2.25. The maximum Gasteiger partial charge on any atom is 0.277 e. The number of para-hydroxylation sites is 1. The molecule has 0 atom stereocenters. The first-order valence-electron chi connectivity index (χ1n) is 7.25. The molecule has 6 heteroatoms. The van der Waals surface area contributed by atoms with Crippen molar-refractivity contribution in [2.24, 2.45) is 0 Å². The molecule has 1 aliphatic heterocycles. The van der Waals surface area contributed by atoms with E-state index >= 15 is 0 Å². The molecule has 1 aromatic rings. The molecule has 1 aromatic carbocycles. The Morgan fingerprint density at radius 1 is 1.27 bits per heavy atom. The fraction of sp³-hybridized carbons (Fsp3) is 0.375. The number of aryl methyl sites for hydroxylation is 1. The van der Waals surface area contributed by atoms with Crippen LogP contribution in [0.15, 0.2) is 30.0 Å². The van der Waals surface area contributed by atoms with Gasteiger partial charge in [0.25, 0.3) is 11.8 Å². The first-order chi connectivity index (χ1) is 10.4. The molecule has 0 aliphatic carbocycles. The molecule has 3 N–H and O–H groups in total. The molecule has 2 amide bonds. The lowest BCUT2D eigenvalue weighted by Gasteiger charge is -2.19. The van der Waals surface area contributed by atoms with Crippen LogP contribution in [-0.4, -0.2) is 41.0 Å². The van der Waals surface area contributed by atoms with E-state index in [1.165, 1.54) is 6.08 Å². The molecule has 2 rings (SSSR count). The predicted octanol–water partition coefficient (Wildman–Crippen LogP) is 1.47. The number of anilines is 2. The van der Waals surface area contributed by atoms with Gasteiger partial charge in [-0.15, -0.1) is 0 Å². The first kappa shape index (κ1) is 16.0. The summed E-state index contributed by atoms with van der Waals surface area (Å²) >= 11 is 0. The van der Waals surface area contributed by atoms with E-state index in [0.29, 0.717) is 0 Å². The molecular formula is C16H21N3O3. The summed E-state index contributed by atoms with van der Waals surface area (Å²) in [5.74, 6) is -0.830. The van der Waals surface area contributed by atoms with Crippen LogP contribution >= 0.6 is 0 Å². The van der Waals surface area contributed by atoms with E-state index in [2.05, 4.69) is 10.6 Å². The molecule has 0 fully saturated rings. The lowest BCUT2D eigenvalue weighted by atomic mass is 10.1. The summed E-state index contributed by atoms with van der Waals surface area (Å²) in [6.45, 7) is 5.79. The maximum absolute atomic E-state index is 12.2. The zero-order valence-corrected chi connectivity index (χ0v) is 13.0. The van der Waals surface area contributed by atoms with Gasteiger partial charge in [0.1, 0.15) is 5.70 Å². The zero-order chi connectivity index (χ0) is 16.3. The van der Waals surface area contributed by atoms with Gasteiger partial charge >= 0.3 is 0 Å². The largest absolute Gasteiger partial charge is 0.395 e. The van der Waals surface area contributed by atoms with Gasteiger partial charge in [-0.2, -0.15) is 0 Å². The number of rotatable bonds is 6. The summed E-state index contributed by atoms with van der Waals surface area (Å²) in [4.78, 5) is 25.0. The molecule has 0 saturated heterocycles. The fourth-order valence-corrected chi connectivity index (χ4v) is 2.31. The van der Waals surface area contributed by atoms with E-state index in [9.17, 15) is 9.59 Å². The molecule has 0 spiro atoms. The second-order valence-corrected chi connectivity index (χ2v) is 5.50. The monoisotopic (exact) mass is 303 g/mol. The van der Waals surface area contributed by atoms with Gasteiger partial charge in [0.05, 0.1) is 24.5 Å². The SMILES string of the molecule is Cc1cccc(NC2=CC(=O)N(CCO)C2=O)c1NC(C)C. The highest BCUT2D eigenvalue weighted by Crippen LogP contribution is 2.28. The van der Waals surface area contributed by atoms with Gasteiger partial charge in [-0.3, -0.25) is 14.5 Å². The van der Waals surface area contributed by atoms with E-state index in [4.69, 9.17) is 5.11 Å². The highest BCUT2D eigenvalue weighted by molar-refractivity contribution is 6.17. The van der Waals surface area contributed by atoms with Crippen molar-refractivity contribution in [3.63, 3.8) is 0 Å². The van der Waals surface area contributed by atoms with Crippen molar-refractivity contribution in [2.75, 3.05) is 23.8 Å². The van der Waals surface area contributed by atoms with Crippen LogP contribution in [0.1, 0.15) is 19.4 Å². The smallest absolute Gasteiger partial charge is 0.277 e. The quantitative estimate of drug-likeness (QED) is 0.693. The molecule has 118 valence electrons. The standard InChI is InChI=1S/C16H21N3O3/c1-10(2)17-15-11(3)5-4-6-12(15)18-13-9-14(21)19(7-8-20)16(13)22/h4-6,9-10,17-18,20H,7-8H2,1-3H3. The van der Waals surface area contributed by atoms with Crippen molar-refractivity contribution in [1.29, 1.82) is 0 Å². The number of imide groups is 1. The van der Waals surface area contributed by atoms with Crippen molar-refractivity contribution in [1.82, 2.24) is 4.90 Å². The lowest BCUT2D eigenvalue weighted by molar-refractivity contribution is -0.137. The van der Waals surface area contributed by atoms with Crippen LogP contribution in [0, 0.1) is 6.92 Å². The summed E-state index contributed by atoms with van der Waals surface area (Å²) in [6.07, 6.45) is 1.26. The Labute approximate surface area is 129 Å². The number of nitrogens with one attached hydrogen (secondary N) is 2. The van der Waals surface area contributed by atoms with Gasteiger partial charge in [-0.25, -0.2) is 0 Å². The van der Waals surface area contributed by atoms with Gasteiger partial charge in [-0.05, 0) is 32.4 Å². The number of carbonyl (C=O) groups excluding carboxylic acids is 2. The maximum atomic E-state index is 12.2. The third-order valence-corrected chi connectivity index (χ3v) is 3.31. The molecule has 1 heterocycles. The minimum atomic E-state index is -0.420. The molecule has 6 nitrogen and oxygen atoms in total. The first-order valence-corrected chi connectivity index (χ1v) is 7.25. The number of benzene rings is 1. The highest BCUT2D eigenvalue weighted by atomic mass is 16.3. The molecule has 0 aromatic heterocycles. The van der Waals surface area contributed by atoms with Crippen LogP contribution in [0.25, 0.3) is 0 Å². The minimum Gasteiger partial charge on any atom is -0.395 e. The van der Waals surface area contributed by atoms with Crippen LogP contribution in [0.3, 0.4) is 0 Å². The Morgan fingerprint density at radius 2 is 2.00 bits per heavy atom. The number of β-amino-alcohol motifs (C(OH)–C–C–N with tert-alkyl or cyclic N) is 1. The third kappa shape index (κ3) is 3.28. The molecule has 1 aliphatic rings. The van der Waals surface area contributed by atoms with Gasteiger partial charge in [0.15, 0.2) is 0 Å². The molecular weight excluding hydrogens is 282 g/mol. The van der Waals surface area contributed by atoms with Gasteiger partial charge < -0.3 is 15.7 Å². The number of nitrogens with zero attached hydrogens (tertiary/aromatic N) is 1. The van der Waals surface area contributed by atoms with E-state index in [-0.39, 0.29) is 24.9 Å². The van der Waals surface area contributed by atoms with Crippen LogP contribution in [0.2, 0.25) is 0 Å². The number of carbonyl (C=O) groups is 2. The molecule has 0 unspecified atom stereocenters. The second kappa shape index (κ2) is 6.62. The predicted molar refractivity (Wildman–Crippen MR) is 85.4 cm³/mol. The van der Waals surface area contributed by atoms with Crippen molar-refractivity contribution in [3.8, 4) is 0 Å². The normalized spacial score (nSPS) is 14.6. The second-order valence-electron chi connectivity index (χ2n) is 5.50. The summed E-state index contributed by atoms with van der Waals surface area (Å²) in [7, 11) is 0. The Kier molecular flexibility index (Phi) is 4.82. The number of hydrogen-bond donors (Lipinski definition) is 3. The summed E-state index contributed by atoms with van der Waals surface area (Å²) in [6, 6.07) is 5.95. The van der Waals surface area contributed by atoms with Crippen LogP contribution in [0.4, 0.5) is 11.4 Å². The average Bonchev–Trinajstić information content (AvgIpc) is 2.70. The number of hydrogen-bond acceptors (Lipinski definition) is 5. The average molecular weight is 303 g/mol. The van der Waals surface area contributed by atoms with Crippen LogP contribution < -0.4 is 10.6 Å². The van der Waals surface area contributed by atoms with Crippen LogP contribution in [-0.2, 0) is 9.59 Å². The van der Waals surface area contributed by atoms with Gasteiger partial charge in [0.2, 0.25) is 0 Å². The fourth-order valence-electron chi connectivity index (χ4n) is 2.31. The van der Waals surface area contributed by atoms with Crippen molar-refractivity contribution in [3.05, 3.63) is 35.5 Å². The Bertz CT molecular complexity index is 623. The number of aliphatic hydroxyl groups excluding tert-OH is 1. The van der Waals surface area contributed by atoms with E-state index in [0.717, 1.165) is 21.8 Å². The number of amides is 2. The highest BCUT2D eigenvalue weighted by Gasteiger charge is 2.30. The summed E-state index contributed by atoms with van der Waals surface area (Å²) in [5.41, 5.74) is 2.91. The van der Waals surface area contributed by atoms with Crippen molar-refractivity contribution in [2.45, 2.75) is 26.8 Å². The van der Waals surface area contributed by atoms with E-state index < -0.39 is 11.8 Å². The van der Waals surface area contributed by atoms with E-state index in [1.54, 1.807) is 0 Å². The van der Waals surface area contributed by atoms with Gasteiger partial charge in [-0.1, -0.05) is 12.1 Å². The number of aliphatic hydroxyl groups is 1. The Morgan fingerprint density at radius 3 is 2.64 bits per heavy atom. The van der Waals surface area contributed by atoms with E-state index in [1.807, 2.05) is 39.0 Å². The van der Waals surface area contributed by atoms with Crippen molar-refractivity contribution >= 4 is 23.2 Å². The lowest BCUT2D eigenvalue weighted by Crippen LogP contribution is -2.34. The molecule has 22 heavy (non-hydrogen) atoms. The Hall–Kier alpha value is -2.34. The molecule has 0 radical (unpaired) electrons. The van der Waals surface area contributed by atoms with Crippen molar-refractivity contribution < 1.29 is 14.7 Å². The summed E-state index contributed by atoms with van der Waals surface area (Å²) < 4.78 is 0. The molecule has 0 saturated carbocycles.